The molecule has 0 atom stereocenters. The van der Waals surface area contributed by atoms with Gasteiger partial charge in [-0.25, -0.2) is 4.98 Å². The second-order valence-corrected chi connectivity index (χ2v) is 6.82. The van der Waals surface area contributed by atoms with Crippen molar-refractivity contribution in [2.24, 2.45) is 0 Å². The zero-order chi connectivity index (χ0) is 21.1. The summed E-state index contributed by atoms with van der Waals surface area (Å²) in [6.07, 6.45) is 0.244. The Balaban J connectivity index is 1.87. The van der Waals surface area contributed by atoms with Crippen LogP contribution in [0.1, 0.15) is 31.9 Å². The molecule has 0 fully saturated rings. The van der Waals surface area contributed by atoms with Crippen LogP contribution < -0.4 is 10.2 Å². The van der Waals surface area contributed by atoms with Crippen molar-refractivity contribution in [3.8, 4) is 6.07 Å². The number of para-hydroxylation sites is 1. The highest BCUT2D eigenvalue weighted by Crippen LogP contribution is 2.18. The van der Waals surface area contributed by atoms with E-state index in [1.54, 1.807) is 24.4 Å². The van der Waals surface area contributed by atoms with E-state index in [0.29, 0.717) is 23.1 Å². The number of rotatable bonds is 10. The number of carbonyl (C=O) groups is 3. The molecule has 0 saturated carbocycles. The van der Waals surface area contributed by atoms with Gasteiger partial charge in [-0.15, -0.1) is 11.3 Å². The molecule has 0 unspecified atom stereocenters. The molecule has 1 aromatic carbocycles. The van der Waals surface area contributed by atoms with E-state index < -0.39 is 0 Å². The number of esters is 1. The fourth-order valence-corrected chi connectivity index (χ4v) is 3.24. The number of ether oxygens (including phenoxy) is 1. The maximum atomic E-state index is 12.6. The molecular weight excluding hydrogens is 392 g/mol. The number of nitrogens with zero attached hydrogens (tertiary/aromatic N) is 3. The minimum Gasteiger partial charge on any atom is -0.466 e. The number of carbonyl (C=O) groups excluding carboxylic acids is 3. The zero-order valence-electron chi connectivity index (χ0n) is 16.1. The molecule has 29 heavy (non-hydrogen) atoms. The van der Waals surface area contributed by atoms with Crippen LogP contribution in [0.4, 0.5) is 10.8 Å². The highest BCUT2D eigenvalue weighted by atomic mass is 32.1. The first-order chi connectivity index (χ1) is 14.0. The first kappa shape index (κ1) is 22.0. The molecule has 8 nitrogen and oxygen atoms in total. The summed E-state index contributed by atoms with van der Waals surface area (Å²) >= 11 is 1.20. The van der Waals surface area contributed by atoms with Crippen LogP contribution in [0.2, 0.25) is 0 Å². The van der Waals surface area contributed by atoms with Crippen LogP contribution in [0.15, 0.2) is 35.7 Å². The number of nitrogens with one attached hydrogen (secondary N) is 1. The van der Waals surface area contributed by atoms with E-state index in [0.717, 1.165) is 0 Å². The molecule has 2 amide bonds. The van der Waals surface area contributed by atoms with Gasteiger partial charge in [0.2, 0.25) is 11.8 Å². The summed E-state index contributed by atoms with van der Waals surface area (Å²) in [5.41, 5.74) is 1.21. The lowest BCUT2D eigenvalue weighted by Gasteiger charge is -2.21. The molecule has 1 aromatic heterocycles. The van der Waals surface area contributed by atoms with Gasteiger partial charge in [0.1, 0.15) is 0 Å². The third-order valence-electron chi connectivity index (χ3n) is 3.81. The van der Waals surface area contributed by atoms with Crippen LogP contribution >= 0.6 is 11.3 Å². The summed E-state index contributed by atoms with van der Waals surface area (Å²) < 4.78 is 4.86. The Labute approximate surface area is 173 Å². The predicted molar refractivity (Wildman–Crippen MR) is 109 cm³/mol. The Hall–Kier alpha value is -3.25. The SMILES string of the molecule is CCOC(=O)Cc1csc(NC(=O)CCC(=O)N(CCC#N)c2ccccc2)n1. The lowest BCUT2D eigenvalue weighted by atomic mass is 10.2. The second kappa shape index (κ2) is 11.6. The Morgan fingerprint density at radius 3 is 2.69 bits per heavy atom. The highest BCUT2D eigenvalue weighted by molar-refractivity contribution is 7.13. The number of amides is 2. The van der Waals surface area contributed by atoms with E-state index in [2.05, 4.69) is 10.3 Å². The van der Waals surface area contributed by atoms with Crippen LogP contribution in [0.3, 0.4) is 0 Å². The van der Waals surface area contributed by atoms with Gasteiger partial charge in [-0.05, 0) is 19.1 Å². The number of aromatic nitrogens is 1. The molecule has 0 aliphatic heterocycles. The van der Waals surface area contributed by atoms with Crippen LogP contribution in [0, 0.1) is 11.3 Å². The van der Waals surface area contributed by atoms with Crippen LogP contribution in [0.5, 0.6) is 0 Å². The zero-order valence-corrected chi connectivity index (χ0v) is 16.9. The number of hydrogen-bond acceptors (Lipinski definition) is 7. The molecule has 9 heteroatoms. The molecule has 0 aliphatic rings. The van der Waals surface area contributed by atoms with E-state index in [1.165, 1.54) is 16.2 Å². The average molecular weight is 414 g/mol. The fourth-order valence-electron chi connectivity index (χ4n) is 2.51. The van der Waals surface area contributed by atoms with Gasteiger partial charge in [0.05, 0.1) is 31.2 Å². The van der Waals surface area contributed by atoms with Crippen molar-refractivity contribution in [2.75, 3.05) is 23.4 Å². The minimum atomic E-state index is -0.375. The molecule has 2 rings (SSSR count). The van der Waals surface area contributed by atoms with Crippen molar-refractivity contribution in [3.63, 3.8) is 0 Å². The van der Waals surface area contributed by atoms with Gasteiger partial charge >= 0.3 is 5.97 Å². The molecule has 152 valence electrons. The fraction of sp³-hybridized carbons (Fsp3) is 0.350. The predicted octanol–water partition coefficient (Wildman–Crippen LogP) is 2.91. The molecule has 0 bridgehead atoms. The molecule has 2 aromatic rings. The first-order valence-corrected chi connectivity index (χ1v) is 10.0. The second-order valence-electron chi connectivity index (χ2n) is 5.96. The van der Waals surface area contributed by atoms with Crippen LogP contribution in [-0.4, -0.2) is 35.9 Å². The Morgan fingerprint density at radius 2 is 2.00 bits per heavy atom. The number of thiazole rings is 1. The summed E-state index contributed by atoms with van der Waals surface area (Å²) in [4.78, 5) is 41.9. The third-order valence-corrected chi connectivity index (χ3v) is 4.62. The van der Waals surface area contributed by atoms with Gasteiger partial charge < -0.3 is 15.0 Å². The first-order valence-electron chi connectivity index (χ1n) is 9.15. The standard InChI is InChI=1S/C20H22N4O4S/c1-2-28-19(27)13-15-14-29-20(22-15)23-17(25)9-10-18(26)24(12-6-11-21)16-7-4-3-5-8-16/h3-5,7-8,14H,2,6,9-10,12-13H2,1H3,(H,22,23,25). The average Bonchev–Trinajstić information content (AvgIpc) is 3.14. The van der Waals surface area contributed by atoms with Gasteiger partial charge in [-0.1, -0.05) is 18.2 Å². The molecule has 0 saturated heterocycles. The summed E-state index contributed by atoms with van der Waals surface area (Å²) in [6.45, 7) is 2.30. The lowest BCUT2D eigenvalue weighted by molar-refractivity contribution is -0.142. The highest BCUT2D eigenvalue weighted by Gasteiger charge is 2.17. The van der Waals surface area contributed by atoms with Gasteiger partial charge in [-0.3, -0.25) is 14.4 Å². The third kappa shape index (κ3) is 7.35. The topological polar surface area (TPSA) is 112 Å². The summed E-state index contributed by atoms with van der Waals surface area (Å²) in [6, 6.07) is 11.1. The van der Waals surface area contributed by atoms with Gasteiger partial charge in [0, 0.05) is 30.5 Å². The monoisotopic (exact) mass is 414 g/mol. The normalized spacial score (nSPS) is 10.1. The van der Waals surface area contributed by atoms with Crippen molar-refractivity contribution in [2.45, 2.75) is 32.6 Å². The van der Waals surface area contributed by atoms with Crippen molar-refractivity contribution in [1.29, 1.82) is 5.26 Å². The smallest absolute Gasteiger partial charge is 0.311 e. The van der Waals surface area contributed by atoms with Crippen molar-refractivity contribution >= 4 is 39.9 Å². The summed E-state index contributed by atoms with van der Waals surface area (Å²) in [5.74, 6) is -0.952. The minimum absolute atomic E-state index is 0.00716. The Kier molecular flexibility index (Phi) is 8.79. The van der Waals surface area contributed by atoms with Crippen LogP contribution in [-0.2, 0) is 25.5 Å². The molecule has 0 spiro atoms. The molecular formula is C20H22N4O4S. The van der Waals surface area contributed by atoms with Gasteiger partial charge in [-0.2, -0.15) is 5.26 Å². The van der Waals surface area contributed by atoms with E-state index >= 15 is 0 Å². The summed E-state index contributed by atoms with van der Waals surface area (Å²) in [7, 11) is 0. The molecule has 0 aliphatic carbocycles. The lowest BCUT2D eigenvalue weighted by Crippen LogP contribution is -2.32. The van der Waals surface area contributed by atoms with E-state index in [4.69, 9.17) is 10.00 Å². The largest absolute Gasteiger partial charge is 0.466 e. The number of anilines is 2. The molecule has 0 radical (unpaired) electrons. The molecule has 1 N–H and O–H groups in total. The van der Waals surface area contributed by atoms with Gasteiger partial charge in [0.25, 0.3) is 0 Å². The van der Waals surface area contributed by atoms with Crippen LogP contribution in [0.25, 0.3) is 0 Å². The van der Waals surface area contributed by atoms with E-state index in [9.17, 15) is 14.4 Å². The van der Waals surface area contributed by atoms with Crippen molar-refractivity contribution < 1.29 is 19.1 Å². The maximum absolute atomic E-state index is 12.6. The van der Waals surface area contributed by atoms with Crippen molar-refractivity contribution in [3.05, 3.63) is 41.4 Å². The van der Waals surface area contributed by atoms with Gasteiger partial charge in [0.15, 0.2) is 5.13 Å². The maximum Gasteiger partial charge on any atom is 0.311 e. The number of hydrogen-bond donors (Lipinski definition) is 1. The Bertz CT molecular complexity index is 876. The molecule has 1 heterocycles. The van der Waals surface area contributed by atoms with Crippen molar-refractivity contribution in [1.82, 2.24) is 4.98 Å². The summed E-state index contributed by atoms with van der Waals surface area (Å²) in [5, 5.41) is 13.5. The number of nitriles is 1. The Morgan fingerprint density at radius 1 is 1.24 bits per heavy atom. The number of benzene rings is 1. The van der Waals surface area contributed by atoms with E-state index in [-0.39, 0.29) is 50.0 Å². The quantitative estimate of drug-likeness (QED) is 0.598. The van der Waals surface area contributed by atoms with E-state index in [1.807, 2.05) is 24.3 Å².